The van der Waals surface area contributed by atoms with Gasteiger partial charge in [0.05, 0.1) is 28.9 Å². The zero-order valence-corrected chi connectivity index (χ0v) is 17.6. The van der Waals surface area contributed by atoms with E-state index >= 15 is 0 Å². The lowest BCUT2D eigenvalue weighted by Gasteiger charge is -2.13. The average molecular weight is 524 g/mol. The Morgan fingerprint density at radius 2 is 1.71 bits per heavy atom. The van der Waals surface area contributed by atoms with Crippen molar-refractivity contribution in [3.05, 3.63) is 43.7 Å². The molecule has 0 heterocycles. The number of amides is 1. The third-order valence-corrected chi connectivity index (χ3v) is 4.63. The summed E-state index contributed by atoms with van der Waals surface area (Å²) in [5.74, 6) is 1.38. The Kier molecular flexibility index (Phi) is 6.94. The van der Waals surface area contributed by atoms with Gasteiger partial charge in [-0.15, -0.1) is 0 Å². The fourth-order valence-electron chi connectivity index (χ4n) is 1.90. The van der Waals surface area contributed by atoms with Gasteiger partial charge in [-0.05, 0) is 56.1 Å². The fraction of sp³-hybridized carbons (Fsp3) is 0.188. The molecule has 2 rings (SSSR count). The molecule has 2 aromatic carbocycles. The Hall–Kier alpha value is -1.25. The molecule has 24 heavy (non-hydrogen) atoms. The van der Waals surface area contributed by atoms with Gasteiger partial charge in [-0.25, -0.2) is 0 Å². The largest absolute Gasteiger partial charge is 0.497 e. The first-order chi connectivity index (χ1) is 11.4. The summed E-state index contributed by atoms with van der Waals surface area (Å²) in [7, 11) is 3.09. The third kappa shape index (κ3) is 4.87. The van der Waals surface area contributed by atoms with E-state index in [4.69, 9.17) is 14.2 Å². The van der Waals surface area contributed by atoms with Gasteiger partial charge in [0.25, 0.3) is 5.91 Å². The minimum atomic E-state index is -0.316. The zero-order valence-electron chi connectivity index (χ0n) is 12.9. The van der Waals surface area contributed by atoms with Gasteiger partial charge in [0.15, 0.2) is 6.61 Å². The highest BCUT2D eigenvalue weighted by atomic mass is 79.9. The van der Waals surface area contributed by atoms with Crippen LogP contribution in [-0.4, -0.2) is 26.7 Å². The lowest BCUT2D eigenvalue weighted by Crippen LogP contribution is -2.20. The maximum absolute atomic E-state index is 12.2. The van der Waals surface area contributed by atoms with Gasteiger partial charge in [-0.1, -0.05) is 15.9 Å². The summed E-state index contributed by atoms with van der Waals surface area (Å²) < 4.78 is 18.3. The summed E-state index contributed by atoms with van der Waals surface area (Å²) in [6.07, 6.45) is 0. The Morgan fingerprint density at radius 3 is 2.29 bits per heavy atom. The highest BCUT2D eigenvalue weighted by Gasteiger charge is 2.13. The molecule has 0 spiro atoms. The molecule has 1 amide bonds. The maximum atomic E-state index is 12.2. The van der Waals surface area contributed by atoms with Gasteiger partial charge >= 0.3 is 0 Å². The van der Waals surface area contributed by atoms with E-state index in [1.807, 2.05) is 12.1 Å². The number of halogens is 3. The minimum Gasteiger partial charge on any atom is -0.497 e. The molecule has 0 aliphatic heterocycles. The highest BCUT2D eigenvalue weighted by Crippen LogP contribution is 2.36. The van der Waals surface area contributed by atoms with Crippen LogP contribution >= 0.6 is 47.8 Å². The fourth-order valence-corrected chi connectivity index (χ4v) is 4.39. The maximum Gasteiger partial charge on any atom is 0.262 e. The van der Waals surface area contributed by atoms with Crippen LogP contribution in [0, 0.1) is 0 Å². The smallest absolute Gasteiger partial charge is 0.262 e. The van der Waals surface area contributed by atoms with Gasteiger partial charge in [-0.3, -0.25) is 4.79 Å². The summed E-state index contributed by atoms with van der Waals surface area (Å²) >= 11 is 10.2. The molecular weight excluding hydrogens is 510 g/mol. The zero-order chi connectivity index (χ0) is 17.7. The van der Waals surface area contributed by atoms with E-state index in [-0.39, 0.29) is 12.5 Å². The summed E-state index contributed by atoms with van der Waals surface area (Å²) in [5, 5.41) is 2.75. The number of benzene rings is 2. The number of methoxy groups -OCH3 is 2. The van der Waals surface area contributed by atoms with Crippen LogP contribution in [0.2, 0.25) is 0 Å². The van der Waals surface area contributed by atoms with Crippen molar-refractivity contribution in [2.75, 3.05) is 26.1 Å². The average Bonchev–Trinajstić information content (AvgIpc) is 2.53. The third-order valence-electron chi connectivity index (χ3n) is 2.99. The molecule has 1 N–H and O–H groups in total. The molecule has 0 aromatic heterocycles. The van der Waals surface area contributed by atoms with Crippen molar-refractivity contribution < 1.29 is 19.0 Å². The van der Waals surface area contributed by atoms with Crippen molar-refractivity contribution in [3.8, 4) is 17.2 Å². The predicted octanol–water partition coefficient (Wildman–Crippen LogP) is 5.01. The van der Waals surface area contributed by atoms with E-state index in [1.165, 1.54) is 7.11 Å². The SMILES string of the molecule is COc1ccc(OC)c(NC(=O)COc2c(Br)cc(Br)cc2Br)c1. The van der Waals surface area contributed by atoms with E-state index in [9.17, 15) is 4.79 Å². The first kappa shape index (κ1) is 19.1. The molecule has 0 atom stereocenters. The van der Waals surface area contributed by atoms with Crippen molar-refractivity contribution in [2.45, 2.75) is 0 Å². The van der Waals surface area contributed by atoms with Gasteiger partial charge in [0.1, 0.15) is 17.2 Å². The normalized spacial score (nSPS) is 10.2. The Balaban J connectivity index is 2.07. The van der Waals surface area contributed by atoms with E-state index in [2.05, 4.69) is 53.1 Å². The summed E-state index contributed by atoms with van der Waals surface area (Å²) in [6, 6.07) is 8.83. The summed E-state index contributed by atoms with van der Waals surface area (Å²) in [5.41, 5.74) is 0.513. The predicted molar refractivity (Wildman–Crippen MR) is 103 cm³/mol. The van der Waals surface area contributed by atoms with Crippen LogP contribution in [0.4, 0.5) is 5.69 Å². The van der Waals surface area contributed by atoms with Gasteiger partial charge in [0.2, 0.25) is 0 Å². The quantitative estimate of drug-likeness (QED) is 0.578. The first-order valence-electron chi connectivity index (χ1n) is 6.73. The standard InChI is InChI=1S/C16H14Br3NO4/c1-22-10-3-4-14(23-2)13(7-10)20-15(21)8-24-16-11(18)5-9(17)6-12(16)19/h3-7H,8H2,1-2H3,(H,20,21). The molecule has 5 nitrogen and oxygen atoms in total. The van der Waals surface area contributed by atoms with Gasteiger partial charge in [-0.2, -0.15) is 0 Å². The number of carbonyl (C=O) groups is 1. The Morgan fingerprint density at radius 1 is 1.04 bits per heavy atom. The van der Waals surface area contributed by atoms with Crippen LogP contribution in [0.1, 0.15) is 0 Å². The molecule has 0 saturated carbocycles. The molecule has 0 saturated heterocycles. The number of hydrogen-bond acceptors (Lipinski definition) is 4. The van der Waals surface area contributed by atoms with Crippen LogP contribution < -0.4 is 19.5 Å². The van der Waals surface area contributed by atoms with Gasteiger partial charge in [0, 0.05) is 10.5 Å². The van der Waals surface area contributed by atoms with E-state index in [0.717, 1.165) is 13.4 Å². The Bertz CT molecular complexity index is 729. The minimum absolute atomic E-state index is 0.154. The van der Waals surface area contributed by atoms with Crippen molar-refractivity contribution in [1.82, 2.24) is 0 Å². The number of nitrogens with one attached hydrogen (secondary N) is 1. The van der Waals surface area contributed by atoms with Crippen molar-refractivity contribution in [3.63, 3.8) is 0 Å². The number of carbonyl (C=O) groups excluding carboxylic acids is 1. The topological polar surface area (TPSA) is 56.8 Å². The molecule has 0 aliphatic rings. The van der Waals surface area contributed by atoms with Crippen molar-refractivity contribution in [2.24, 2.45) is 0 Å². The molecule has 0 radical (unpaired) electrons. The molecule has 0 bridgehead atoms. The molecule has 0 unspecified atom stereocenters. The second kappa shape index (κ2) is 8.73. The van der Waals surface area contributed by atoms with Crippen LogP contribution in [0.25, 0.3) is 0 Å². The lowest BCUT2D eigenvalue weighted by molar-refractivity contribution is -0.118. The second-order valence-corrected chi connectivity index (χ2v) is 7.23. The second-order valence-electron chi connectivity index (χ2n) is 4.60. The summed E-state index contributed by atoms with van der Waals surface area (Å²) in [6.45, 7) is -0.154. The van der Waals surface area contributed by atoms with E-state index < -0.39 is 0 Å². The van der Waals surface area contributed by atoms with Crippen LogP contribution in [0.5, 0.6) is 17.2 Å². The highest BCUT2D eigenvalue weighted by molar-refractivity contribution is 9.11. The van der Waals surface area contributed by atoms with Crippen LogP contribution in [0.3, 0.4) is 0 Å². The Labute approximate surface area is 165 Å². The molecule has 0 fully saturated rings. The van der Waals surface area contributed by atoms with Crippen molar-refractivity contribution in [1.29, 1.82) is 0 Å². The number of rotatable bonds is 6. The molecule has 2 aromatic rings. The molecule has 8 heteroatoms. The monoisotopic (exact) mass is 521 g/mol. The molecule has 0 aliphatic carbocycles. The number of ether oxygens (including phenoxy) is 3. The first-order valence-corrected chi connectivity index (χ1v) is 9.11. The van der Waals surface area contributed by atoms with E-state index in [1.54, 1.807) is 25.3 Å². The number of anilines is 1. The lowest BCUT2D eigenvalue weighted by atomic mass is 10.2. The summed E-state index contributed by atoms with van der Waals surface area (Å²) in [4.78, 5) is 12.2. The van der Waals surface area contributed by atoms with Gasteiger partial charge < -0.3 is 19.5 Å². The van der Waals surface area contributed by atoms with Crippen molar-refractivity contribution >= 4 is 59.4 Å². The van der Waals surface area contributed by atoms with Crippen LogP contribution in [-0.2, 0) is 4.79 Å². The number of hydrogen-bond donors (Lipinski definition) is 1. The van der Waals surface area contributed by atoms with Crippen LogP contribution in [0.15, 0.2) is 43.7 Å². The molecule has 128 valence electrons. The molecular formula is C16H14Br3NO4. The van der Waals surface area contributed by atoms with E-state index in [0.29, 0.717) is 22.9 Å².